The highest BCUT2D eigenvalue weighted by atomic mass is 16.3. The van der Waals surface area contributed by atoms with Crippen molar-refractivity contribution in [2.75, 3.05) is 19.6 Å². The number of likely N-dealkylation sites (tertiary alicyclic amines) is 1. The number of piperazine rings is 1. The summed E-state index contributed by atoms with van der Waals surface area (Å²) < 4.78 is 0. The zero-order chi connectivity index (χ0) is 31.1. The Bertz CT molecular complexity index is 1270. The van der Waals surface area contributed by atoms with E-state index in [0.717, 1.165) is 55.2 Å². The maximum atomic E-state index is 13.8. The summed E-state index contributed by atoms with van der Waals surface area (Å²) in [7, 11) is 0. The van der Waals surface area contributed by atoms with Gasteiger partial charge in [0.1, 0.15) is 11.6 Å². The third-order valence-electron chi connectivity index (χ3n) is 9.93. The first-order valence-corrected chi connectivity index (χ1v) is 16.4. The number of rotatable bonds is 11. The van der Waals surface area contributed by atoms with Crippen LogP contribution in [0.2, 0.25) is 0 Å². The number of unbranched alkanes of at least 4 members (excludes halogenated alkanes) is 1. The van der Waals surface area contributed by atoms with Crippen molar-refractivity contribution in [3.8, 4) is 0 Å². The molecule has 9 nitrogen and oxygen atoms in total. The van der Waals surface area contributed by atoms with Gasteiger partial charge in [-0.05, 0) is 66.8 Å². The number of aliphatic hydroxyl groups is 2. The van der Waals surface area contributed by atoms with Gasteiger partial charge in [0.2, 0.25) is 11.8 Å². The van der Waals surface area contributed by atoms with Crippen LogP contribution in [0.5, 0.6) is 0 Å². The van der Waals surface area contributed by atoms with Crippen molar-refractivity contribution >= 4 is 17.7 Å². The molecule has 0 bridgehead atoms. The molecule has 0 radical (unpaired) electrons. The summed E-state index contributed by atoms with van der Waals surface area (Å²) in [5.74, 6) is -0.327. The molecule has 2 heterocycles. The molecule has 3 aliphatic rings. The molecule has 5 rings (SSSR count). The summed E-state index contributed by atoms with van der Waals surface area (Å²) in [6, 6.07) is 14.2. The van der Waals surface area contributed by atoms with E-state index in [4.69, 9.17) is 0 Å². The lowest BCUT2D eigenvalue weighted by atomic mass is 9.78. The predicted molar refractivity (Wildman–Crippen MR) is 168 cm³/mol. The topological polar surface area (TPSA) is 122 Å². The lowest BCUT2D eigenvalue weighted by Crippen LogP contribution is -2.75. The summed E-state index contributed by atoms with van der Waals surface area (Å²) in [5.41, 5.74) is 2.60. The van der Waals surface area contributed by atoms with Crippen LogP contribution in [0, 0.1) is 5.92 Å². The smallest absolute Gasteiger partial charge is 0.251 e. The number of piperidine rings is 1. The zero-order valence-corrected chi connectivity index (χ0v) is 26.0. The molecule has 1 aliphatic carbocycles. The second-order valence-electron chi connectivity index (χ2n) is 12.8. The number of hydrogen-bond acceptors (Lipinski definition) is 6. The standard InChI is InChI=1S/C35H48N4O5/c1-2-3-19-39-33(43)30(31(41)28-7-5-4-6-8-28)37-34(44)35(39)17-20-38(21-18-35)23-26-13-15-29(16-14-26)32(42)36-22-25-9-11-27(24-40)12-10-25/h9-16,28,30-31,40-41H,2-8,17-24H2,1H3,(H,36,42)(H,37,44)/t30-,31-/m1/s1. The number of carbonyl (C=O) groups excluding carboxylic acids is 3. The zero-order valence-electron chi connectivity index (χ0n) is 26.0. The molecule has 0 unspecified atom stereocenters. The highest BCUT2D eigenvalue weighted by Crippen LogP contribution is 2.36. The maximum Gasteiger partial charge on any atom is 0.251 e. The molecule has 1 saturated carbocycles. The molecule has 238 valence electrons. The molecule has 2 atom stereocenters. The number of nitrogens with one attached hydrogen (secondary N) is 2. The van der Waals surface area contributed by atoms with Gasteiger partial charge in [0, 0.05) is 38.3 Å². The van der Waals surface area contributed by atoms with E-state index in [0.29, 0.717) is 51.1 Å². The van der Waals surface area contributed by atoms with Gasteiger partial charge in [-0.2, -0.15) is 0 Å². The Labute approximate surface area is 261 Å². The van der Waals surface area contributed by atoms with Gasteiger partial charge in [-0.25, -0.2) is 0 Å². The van der Waals surface area contributed by atoms with E-state index < -0.39 is 17.7 Å². The average Bonchev–Trinajstić information content (AvgIpc) is 3.07. The third-order valence-corrected chi connectivity index (χ3v) is 9.93. The molecule has 1 spiro atoms. The Morgan fingerprint density at radius 1 is 0.977 bits per heavy atom. The van der Waals surface area contributed by atoms with Crippen LogP contribution in [0.1, 0.15) is 91.8 Å². The van der Waals surface area contributed by atoms with Gasteiger partial charge in [-0.3, -0.25) is 19.3 Å². The molecule has 3 amide bonds. The third kappa shape index (κ3) is 7.16. The average molecular weight is 605 g/mol. The van der Waals surface area contributed by atoms with Crippen LogP contribution >= 0.6 is 0 Å². The van der Waals surface area contributed by atoms with Crippen molar-refractivity contribution < 1.29 is 24.6 Å². The first-order chi connectivity index (χ1) is 21.3. The van der Waals surface area contributed by atoms with E-state index in [1.165, 1.54) is 6.42 Å². The Kier molecular flexibility index (Phi) is 10.7. The van der Waals surface area contributed by atoms with Crippen LogP contribution in [0.3, 0.4) is 0 Å². The summed E-state index contributed by atoms with van der Waals surface area (Å²) in [4.78, 5) is 44.4. The lowest BCUT2D eigenvalue weighted by Gasteiger charge is -2.52. The second-order valence-corrected chi connectivity index (χ2v) is 12.8. The van der Waals surface area contributed by atoms with Crippen molar-refractivity contribution in [2.24, 2.45) is 5.92 Å². The van der Waals surface area contributed by atoms with Gasteiger partial charge in [0.15, 0.2) is 0 Å². The van der Waals surface area contributed by atoms with Crippen LogP contribution < -0.4 is 10.6 Å². The number of amides is 3. The normalized spacial score (nSPS) is 21.7. The van der Waals surface area contributed by atoms with E-state index >= 15 is 0 Å². The van der Waals surface area contributed by atoms with Crippen LogP contribution in [0.25, 0.3) is 0 Å². The monoisotopic (exact) mass is 604 g/mol. The van der Waals surface area contributed by atoms with Gasteiger partial charge in [-0.15, -0.1) is 0 Å². The van der Waals surface area contributed by atoms with Crippen LogP contribution in [0.15, 0.2) is 48.5 Å². The Morgan fingerprint density at radius 2 is 1.61 bits per heavy atom. The van der Waals surface area contributed by atoms with Gasteiger partial charge in [-0.1, -0.05) is 69.0 Å². The minimum absolute atomic E-state index is 0.00449. The first kappa shape index (κ1) is 32.1. The largest absolute Gasteiger partial charge is 0.392 e. The van der Waals surface area contributed by atoms with Crippen LogP contribution in [-0.4, -0.2) is 75.1 Å². The van der Waals surface area contributed by atoms with Gasteiger partial charge in [0.05, 0.1) is 12.7 Å². The van der Waals surface area contributed by atoms with E-state index in [9.17, 15) is 24.6 Å². The maximum absolute atomic E-state index is 13.8. The minimum atomic E-state index is -0.869. The molecule has 2 aromatic carbocycles. The van der Waals surface area contributed by atoms with E-state index in [2.05, 4.69) is 22.5 Å². The summed E-state index contributed by atoms with van der Waals surface area (Å²) >= 11 is 0. The first-order valence-electron chi connectivity index (χ1n) is 16.4. The van der Waals surface area contributed by atoms with Gasteiger partial charge < -0.3 is 25.7 Å². The molecular weight excluding hydrogens is 556 g/mol. The molecular formula is C35H48N4O5. The Balaban J connectivity index is 1.17. The van der Waals surface area contributed by atoms with Crippen LogP contribution in [0.4, 0.5) is 0 Å². The van der Waals surface area contributed by atoms with Crippen molar-refractivity contribution in [1.29, 1.82) is 0 Å². The quantitative estimate of drug-likeness (QED) is 0.312. The Hall–Kier alpha value is -3.27. The molecule has 2 aromatic rings. The number of benzene rings is 2. The van der Waals surface area contributed by atoms with Gasteiger partial charge >= 0.3 is 0 Å². The number of carbonyl (C=O) groups is 3. The molecule has 2 saturated heterocycles. The van der Waals surface area contributed by atoms with Crippen molar-refractivity contribution in [2.45, 2.75) is 102 Å². The SMILES string of the molecule is CCCCN1C(=O)[C@@H]([C@H](O)C2CCCCC2)NC(=O)C12CCN(Cc1ccc(C(=O)NCc3ccc(CO)cc3)cc1)CC2. The fourth-order valence-corrected chi connectivity index (χ4v) is 7.10. The molecule has 0 aromatic heterocycles. The highest BCUT2D eigenvalue weighted by Gasteiger charge is 2.55. The lowest BCUT2D eigenvalue weighted by molar-refractivity contribution is -0.166. The predicted octanol–water partition coefficient (Wildman–Crippen LogP) is 3.51. The van der Waals surface area contributed by atoms with E-state index in [1.807, 2.05) is 53.4 Å². The minimum Gasteiger partial charge on any atom is -0.392 e. The summed E-state index contributed by atoms with van der Waals surface area (Å²) in [6.07, 6.45) is 7.13. The Morgan fingerprint density at radius 3 is 2.25 bits per heavy atom. The van der Waals surface area contributed by atoms with Crippen molar-refractivity contribution in [3.05, 3.63) is 70.8 Å². The van der Waals surface area contributed by atoms with E-state index in [1.54, 1.807) is 0 Å². The number of hydrogen-bond donors (Lipinski definition) is 4. The fourth-order valence-electron chi connectivity index (χ4n) is 7.10. The number of aliphatic hydroxyl groups excluding tert-OH is 2. The van der Waals surface area contributed by atoms with Crippen LogP contribution in [-0.2, 0) is 29.3 Å². The molecule has 2 aliphatic heterocycles. The highest BCUT2D eigenvalue weighted by molar-refractivity contribution is 6.00. The van der Waals surface area contributed by atoms with Gasteiger partial charge in [0.25, 0.3) is 5.91 Å². The summed E-state index contributed by atoms with van der Waals surface area (Å²) in [5, 5.41) is 26.3. The fraction of sp³-hybridized carbons (Fsp3) is 0.571. The van der Waals surface area contributed by atoms with Crippen molar-refractivity contribution in [1.82, 2.24) is 20.4 Å². The molecule has 4 N–H and O–H groups in total. The summed E-state index contributed by atoms with van der Waals surface area (Å²) in [6.45, 7) is 5.08. The number of nitrogens with zero attached hydrogens (tertiary/aromatic N) is 2. The van der Waals surface area contributed by atoms with Crippen molar-refractivity contribution in [3.63, 3.8) is 0 Å². The molecule has 44 heavy (non-hydrogen) atoms. The molecule has 3 fully saturated rings. The van der Waals surface area contributed by atoms with E-state index in [-0.39, 0.29) is 30.2 Å². The molecule has 9 heteroatoms. The second kappa shape index (κ2) is 14.7.